The third-order valence-corrected chi connectivity index (χ3v) is 3.26. The van der Waals surface area contributed by atoms with E-state index in [1.54, 1.807) is 6.20 Å². The second-order valence-corrected chi connectivity index (χ2v) is 4.35. The van der Waals surface area contributed by atoms with Gasteiger partial charge in [-0.15, -0.1) is 0 Å². The van der Waals surface area contributed by atoms with E-state index in [0.29, 0.717) is 17.6 Å². The molecule has 2 unspecified atom stereocenters. The Morgan fingerprint density at radius 1 is 1.38 bits per heavy atom. The quantitative estimate of drug-likeness (QED) is 0.829. The van der Waals surface area contributed by atoms with Gasteiger partial charge in [0.25, 0.3) is 0 Å². The minimum atomic E-state index is 0.519. The van der Waals surface area contributed by atoms with Gasteiger partial charge in [-0.05, 0) is 38.3 Å². The maximum atomic E-state index is 10.6. The first-order valence-corrected chi connectivity index (χ1v) is 6.00. The molecule has 1 aromatic rings. The van der Waals surface area contributed by atoms with Gasteiger partial charge in [0.15, 0.2) is 0 Å². The number of ketones is 1. The third-order valence-electron chi connectivity index (χ3n) is 3.26. The van der Waals surface area contributed by atoms with Crippen molar-refractivity contribution in [3.05, 3.63) is 24.4 Å². The smallest absolute Gasteiger partial charge is 0.139 e. The number of fused-ring (bicyclic) bond motifs is 1. The average molecular weight is 218 g/mol. The van der Waals surface area contributed by atoms with E-state index in [2.05, 4.69) is 17.2 Å². The van der Waals surface area contributed by atoms with Crippen molar-refractivity contribution < 1.29 is 4.79 Å². The van der Waals surface area contributed by atoms with Crippen LogP contribution in [0.25, 0.3) is 0 Å². The van der Waals surface area contributed by atoms with Crippen molar-refractivity contribution in [2.75, 3.05) is 11.9 Å². The SMILES string of the molecule is CCNc1ccccn1.O=C1C2CCC1C2. The third kappa shape index (κ3) is 2.40. The summed E-state index contributed by atoms with van der Waals surface area (Å²) in [5.74, 6) is 2.54. The molecule has 1 aromatic heterocycles. The lowest BCUT2D eigenvalue weighted by Gasteiger charge is -2.19. The van der Waals surface area contributed by atoms with Crippen LogP contribution in [-0.2, 0) is 4.79 Å². The van der Waals surface area contributed by atoms with Crippen LogP contribution in [0.15, 0.2) is 24.4 Å². The molecule has 3 aliphatic rings. The van der Waals surface area contributed by atoms with E-state index in [0.717, 1.165) is 12.4 Å². The lowest BCUT2D eigenvalue weighted by molar-refractivity contribution is -0.130. The van der Waals surface area contributed by atoms with Crippen LogP contribution in [0, 0.1) is 11.8 Å². The maximum absolute atomic E-state index is 10.6. The zero-order valence-corrected chi connectivity index (χ0v) is 9.65. The molecule has 3 saturated carbocycles. The van der Waals surface area contributed by atoms with Crippen molar-refractivity contribution in [2.45, 2.75) is 26.2 Å². The van der Waals surface area contributed by atoms with E-state index in [1.165, 1.54) is 19.3 Å². The largest absolute Gasteiger partial charge is 0.370 e. The molecule has 0 spiro atoms. The highest BCUT2D eigenvalue weighted by Crippen LogP contribution is 2.44. The highest BCUT2D eigenvalue weighted by Gasteiger charge is 2.45. The molecule has 1 N–H and O–H groups in total. The minimum absolute atomic E-state index is 0.519. The maximum Gasteiger partial charge on any atom is 0.139 e. The molecule has 3 nitrogen and oxygen atoms in total. The van der Waals surface area contributed by atoms with Gasteiger partial charge in [-0.2, -0.15) is 0 Å². The number of hydrogen-bond acceptors (Lipinski definition) is 3. The van der Waals surface area contributed by atoms with Crippen LogP contribution in [-0.4, -0.2) is 17.3 Å². The lowest BCUT2D eigenvalue weighted by atomic mass is 9.83. The van der Waals surface area contributed by atoms with Crippen molar-refractivity contribution in [3.8, 4) is 0 Å². The van der Waals surface area contributed by atoms with Crippen molar-refractivity contribution in [3.63, 3.8) is 0 Å². The van der Waals surface area contributed by atoms with Gasteiger partial charge in [0.2, 0.25) is 0 Å². The summed E-state index contributed by atoms with van der Waals surface area (Å²) in [6.07, 6.45) is 5.39. The Morgan fingerprint density at radius 2 is 2.12 bits per heavy atom. The van der Waals surface area contributed by atoms with Gasteiger partial charge < -0.3 is 5.32 Å². The molecule has 16 heavy (non-hydrogen) atoms. The number of Topliss-reactive ketones (excluding diaryl/α,β-unsaturated/α-hetero) is 1. The monoisotopic (exact) mass is 218 g/mol. The normalized spacial score (nSPS) is 25.4. The number of nitrogens with one attached hydrogen (secondary N) is 1. The van der Waals surface area contributed by atoms with Crippen LogP contribution in [0.3, 0.4) is 0 Å². The molecular formula is C13H18N2O. The summed E-state index contributed by atoms with van der Waals surface area (Å²) in [4.78, 5) is 14.7. The number of aromatic nitrogens is 1. The first kappa shape index (κ1) is 11.1. The first-order chi connectivity index (χ1) is 7.81. The van der Waals surface area contributed by atoms with Crippen molar-refractivity contribution in [2.24, 2.45) is 11.8 Å². The van der Waals surface area contributed by atoms with Crippen LogP contribution < -0.4 is 5.32 Å². The summed E-state index contributed by atoms with van der Waals surface area (Å²) in [5, 5.41) is 3.10. The number of anilines is 1. The fourth-order valence-electron chi connectivity index (χ4n) is 2.32. The summed E-state index contributed by atoms with van der Waals surface area (Å²) in [5.41, 5.74) is 0. The Balaban J connectivity index is 0.000000123. The lowest BCUT2D eigenvalue weighted by Crippen LogP contribution is -2.26. The molecule has 2 bridgehead atoms. The molecule has 86 valence electrons. The predicted octanol–water partition coefficient (Wildman–Crippen LogP) is 2.50. The summed E-state index contributed by atoms with van der Waals surface area (Å²) >= 11 is 0. The van der Waals surface area contributed by atoms with Crippen LogP contribution in [0.2, 0.25) is 0 Å². The molecular weight excluding hydrogens is 200 g/mol. The van der Waals surface area contributed by atoms with E-state index < -0.39 is 0 Å². The molecule has 3 heteroatoms. The molecule has 2 atom stereocenters. The topological polar surface area (TPSA) is 42.0 Å². The Hall–Kier alpha value is -1.38. The Labute approximate surface area is 96.3 Å². The Kier molecular flexibility index (Phi) is 3.54. The van der Waals surface area contributed by atoms with Gasteiger partial charge >= 0.3 is 0 Å². The van der Waals surface area contributed by atoms with E-state index in [9.17, 15) is 4.79 Å². The number of pyridine rings is 1. The van der Waals surface area contributed by atoms with Gasteiger partial charge in [0, 0.05) is 24.6 Å². The minimum Gasteiger partial charge on any atom is -0.370 e. The average Bonchev–Trinajstić information content (AvgIpc) is 2.93. The summed E-state index contributed by atoms with van der Waals surface area (Å²) < 4.78 is 0. The fraction of sp³-hybridized carbons (Fsp3) is 0.538. The molecule has 0 aliphatic heterocycles. The number of rotatable bonds is 2. The van der Waals surface area contributed by atoms with Gasteiger partial charge in [0.05, 0.1) is 0 Å². The van der Waals surface area contributed by atoms with Crippen LogP contribution in [0.5, 0.6) is 0 Å². The van der Waals surface area contributed by atoms with E-state index in [1.807, 2.05) is 18.2 Å². The zero-order chi connectivity index (χ0) is 11.4. The van der Waals surface area contributed by atoms with Gasteiger partial charge in [-0.3, -0.25) is 4.79 Å². The molecule has 0 radical (unpaired) electrons. The van der Waals surface area contributed by atoms with E-state index in [-0.39, 0.29) is 0 Å². The van der Waals surface area contributed by atoms with Crippen molar-refractivity contribution in [1.82, 2.24) is 4.98 Å². The van der Waals surface area contributed by atoms with Crippen molar-refractivity contribution >= 4 is 11.6 Å². The number of hydrogen-bond donors (Lipinski definition) is 1. The van der Waals surface area contributed by atoms with Crippen molar-refractivity contribution in [1.29, 1.82) is 0 Å². The second-order valence-electron chi connectivity index (χ2n) is 4.35. The molecule has 3 fully saturated rings. The van der Waals surface area contributed by atoms with Crippen LogP contribution in [0.1, 0.15) is 26.2 Å². The highest BCUT2D eigenvalue weighted by atomic mass is 16.1. The van der Waals surface area contributed by atoms with Gasteiger partial charge in [-0.25, -0.2) is 4.98 Å². The molecule has 1 heterocycles. The second kappa shape index (κ2) is 5.10. The van der Waals surface area contributed by atoms with Crippen LogP contribution in [0.4, 0.5) is 5.82 Å². The summed E-state index contributed by atoms with van der Waals surface area (Å²) in [7, 11) is 0. The van der Waals surface area contributed by atoms with Gasteiger partial charge in [0.1, 0.15) is 11.6 Å². The molecule has 3 aliphatic carbocycles. The molecule has 0 aromatic carbocycles. The standard InChI is InChI=1S/C7H10N2.C6H8O/c1-2-8-7-5-3-4-6-9-7;7-6-4-1-2-5(6)3-4/h3-6H,2H2,1H3,(H,8,9);4-5H,1-3H2. The highest BCUT2D eigenvalue weighted by molar-refractivity contribution is 5.90. The first-order valence-electron chi connectivity index (χ1n) is 6.00. The molecule has 0 saturated heterocycles. The van der Waals surface area contributed by atoms with E-state index in [4.69, 9.17) is 0 Å². The Bertz CT molecular complexity index is 334. The zero-order valence-electron chi connectivity index (χ0n) is 9.65. The number of carbonyl (C=O) groups excluding carboxylic acids is 1. The Morgan fingerprint density at radius 3 is 2.50 bits per heavy atom. The summed E-state index contributed by atoms with van der Waals surface area (Å²) in [6.45, 7) is 2.98. The fourth-order valence-corrected chi connectivity index (χ4v) is 2.32. The molecule has 0 amide bonds. The predicted molar refractivity (Wildman–Crippen MR) is 64.2 cm³/mol. The van der Waals surface area contributed by atoms with Crippen LogP contribution >= 0.6 is 0 Å². The van der Waals surface area contributed by atoms with Gasteiger partial charge in [-0.1, -0.05) is 6.07 Å². The number of nitrogens with zero attached hydrogens (tertiary/aromatic N) is 1. The number of carbonyl (C=O) groups is 1. The molecule has 4 rings (SSSR count). The van der Waals surface area contributed by atoms with E-state index >= 15 is 0 Å². The summed E-state index contributed by atoms with van der Waals surface area (Å²) in [6, 6.07) is 5.81.